The summed E-state index contributed by atoms with van der Waals surface area (Å²) >= 11 is 1.66. The molecular formula is C25H24N4OS. The topological polar surface area (TPSA) is 55.6 Å². The average Bonchev–Trinajstić information content (AvgIpc) is 3.50. The first kappa shape index (κ1) is 19.6. The molecule has 156 valence electrons. The Morgan fingerprint density at radius 1 is 0.935 bits per heavy atom. The summed E-state index contributed by atoms with van der Waals surface area (Å²) < 4.78 is 3.37. The molecule has 5 nitrogen and oxygen atoms in total. The number of nitrogens with zero attached hydrogens (tertiary/aromatic N) is 3. The molecule has 6 heteroatoms. The van der Waals surface area contributed by atoms with Crippen LogP contribution in [0.2, 0.25) is 0 Å². The molecule has 0 aliphatic heterocycles. The lowest BCUT2D eigenvalue weighted by atomic mass is 9.98. The Morgan fingerprint density at radius 3 is 2.48 bits per heavy atom. The van der Waals surface area contributed by atoms with Crippen molar-refractivity contribution in [3.8, 4) is 33.2 Å². The molecule has 2 aromatic carbocycles. The van der Waals surface area contributed by atoms with Crippen LogP contribution in [0.1, 0.15) is 25.3 Å². The molecule has 0 spiro atoms. The molecule has 5 rings (SSSR count). The lowest BCUT2D eigenvalue weighted by Gasteiger charge is -2.09. The van der Waals surface area contributed by atoms with E-state index in [1.165, 1.54) is 5.56 Å². The summed E-state index contributed by atoms with van der Waals surface area (Å²) in [7, 11) is 3.61. The molecule has 0 saturated heterocycles. The highest BCUT2D eigenvalue weighted by Crippen LogP contribution is 2.36. The van der Waals surface area contributed by atoms with Crippen LogP contribution in [0.5, 0.6) is 0 Å². The number of hydrogen-bond donors (Lipinski definition) is 1. The van der Waals surface area contributed by atoms with E-state index in [-0.39, 0.29) is 5.69 Å². The zero-order valence-corrected chi connectivity index (χ0v) is 18.8. The van der Waals surface area contributed by atoms with Crippen molar-refractivity contribution in [2.75, 3.05) is 0 Å². The van der Waals surface area contributed by atoms with E-state index >= 15 is 0 Å². The average molecular weight is 429 g/mol. The highest BCUT2D eigenvalue weighted by atomic mass is 32.1. The Morgan fingerprint density at radius 2 is 1.74 bits per heavy atom. The van der Waals surface area contributed by atoms with E-state index in [1.807, 2.05) is 19.2 Å². The van der Waals surface area contributed by atoms with Crippen molar-refractivity contribution < 1.29 is 0 Å². The molecular weight excluding hydrogens is 404 g/mol. The van der Waals surface area contributed by atoms with E-state index in [0.29, 0.717) is 5.92 Å². The van der Waals surface area contributed by atoms with Gasteiger partial charge in [0.2, 0.25) is 0 Å². The van der Waals surface area contributed by atoms with Gasteiger partial charge in [0.15, 0.2) is 0 Å². The van der Waals surface area contributed by atoms with Crippen molar-refractivity contribution in [2.45, 2.75) is 19.8 Å². The molecule has 0 fully saturated rings. The molecule has 0 radical (unpaired) electrons. The van der Waals surface area contributed by atoms with Crippen molar-refractivity contribution in [3.63, 3.8) is 0 Å². The second kappa shape index (κ2) is 7.39. The smallest absolute Gasteiger partial charge is 0.328 e. The van der Waals surface area contributed by atoms with Crippen LogP contribution in [-0.4, -0.2) is 19.1 Å². The number of rotatable bonds is 4. The fraction of sp³-hybridized carbons (Fsp3) is 0.200. The van der Waals surface area contributed by atoms with Gasteiger partial charge in [0.1, 0.15) is 5.82 Å². The number of aromatic nitrogens is 4. The second-order valence-electron chi connectivity index (χ2n) is 8.17. The lowest BCUT2D eigenvalue weighted by molar-refractivity contribution is 0.795. The highest BCUT2D eigenvalue weighted by Gasteiger charge is 2.18. The van der Waals surface area contributed by atoms with E-state index < -0.39 is 0 Å². The Labute approximate surface area is 184 Å². The predicted molar refractivity (Wildman–Crippen MR) is 129 cm³/mol. The van der Waals surface area contributed by atoms with Gasteiger partial charge >= 0.3 is 5.69 Å². The number of fused-ring (bicyclic) bond motifs is 1. The quantitative estimate of drug-likeness (QED) is 0.394. The van der Waals surface area contributed by atoms with Gasteiger partial charge in [-0.3, -0.25) is 9.13 Å². The molecule has 31 heavy (non-hydrogen) atoms. The van der Waals surface area contributed by atoms with E-state index in [1.54, 1.807) is 27.5 Å². The monoisotopic (exact) mass is 428 g/mol. The number of nitrogens with one attached hydrogen (secondary N) is 1. The van der Waals surface area contributed by atoms with Gasteiger partial charge < -0.3 is 4.98 Å². The van der Waals surface area contributed by atoms with Crippen LogP contribution < -0.4 is 5.69 Å². The molecule has 0 aliphatic rings. The molecule has 0 atom stereocenters. The van der Waals surface area contributed by atoms with Crippen LogP contribution in [0.4, 0.5) is 0 Å². The highest BCUT2D eigenvalue weighted by molar-refractivity contribution is 7.13. The van der Waals surface area contributed by atoms with Crippen molar-refractivity contribution in [1.29, 1.82) is 0 Å². The first-order valence-electron chi connectivity index (χ1n) is 10.3. The maximum Gasteiger partial charge on any atom is 0.328 e. The van der Waals surface area contributed by atoms with Crippen LogP contribution in [0.3, 0.4) is 0 Å². The van der Waals surface area contributed by atoms with Crippen molar-refractivity contribution in [2.24, 2.45) is 14.1 Å². The van der Waals surface area contributed by atoms with Gasteiger partial charge in [0.25, 0.3) is 0 Å². The van der Waals surface area contributed by atoms with Crippen LogP contribution in [-0.2, 0) is 14.1 Å². The summed E-state index contributed by atoms with van der Waals surface area (Å²) in [6, 6.07) is 18.8. The van der Waals surface area contributed by atoms with Crippen molar-refractivity contribution >= 4 is 22.4 Å². The summed E-state index contributed by atoms with van der Waals surface area (Å²) in [6.45, 7) is 4.40. The largest absolute Gasteiger partial charge is 0.337 e. The molecule has 5 aromatic rings. The zero-order valence-electron chi connectivity index (χ0n) is 18.0. The SMILES string of the molecule is CC(C)c1cccc(-c2nc(-c3cccs3)[nH]c2-c2ccc3c(c2)n(C)c(=O)n3C)c1. The standard InChI is InChI=1S/C25H24N4OS/c1-15(2)16-7-5-8-17(13-16)22-23(27-24(26-22)21-9-6-12-31-21)18-10-11-19-20(14-18)29(4)25(30)28(19)3/h5-15H,1-4H3,(H,26,27). The van der Waals surface area contributed by atoms with Gasteiger partial charge in [-0.1, -0.05) is 44.2 Å². The fourth-order valence-electron chi connectivity index (χ4n) is 4.03. The van der Waals surface area contributed by atoms with Crippen molar-refractivity contribution in [1.82, 2.24) is 19.1 Å². The second-order valence-corrected chi connectivity index (χ2v) is 9.12. The van der Waals surface area contributed by atoms with Crippen molar-refractivity contribution in [3.05, 3.63) is 76.0 Å². The van der Waals surface area contributed by atoms with Gasteiger partial charge in [0.05, 0.1) is 27.3 Å². The number of aromatic amines is 1. The van der Waals surface area contributed by atoms with Crippen LogP contribution in [0.25, 0.3) is 44.2 Å². The number of benzene rings is 2. The fourth-order valence-corrected chi connectivity index (χ4v) is 4.70. The Balaban J connectivity index is 1.75. The van der Waals surface area contributed by atoms with E-state index in [2.05, 4.69) is 66.7 Å². The minimum Gasteiger partial charge on any atom is -0.337 e. The molecule has 0 bridgehead atoms. The third kappa shape index (κ3) is 3.24. The van der Waals surface area contributed by atoms with Gasteiger partial charge in [-0.05, 0) is 41.1 Å². The molecule has 3 aromatic heterocycles. The molecule has 0 aliphatic carbocycles. The Hall–Kier alpha value is -3.38. The number of imidazole rings is 2. The molecule has 3 heterocycles. The Bertz CT molecular complexity index is 1450. The summed E-state index contributed by atoms with van der Waals surface area (Å²) in [5.74, 6) is 1.30. The number of thiophene rings is 1. The van der Waals surface area contributed by atoms with Gasteiger partial charge in [-0.15, -0.1) is 11.3 Å². The van der Waals surface area contributed by atoms with Crippen LogP contribution >= 0.6 is 11.3 Å². The zero-order chi connectivity index (χ0) is 21.7. The predicted octanol–water partition coefficient (Wildman–Crippen LogP) is 5.79. The summed E-state index contributed by atoms with van der Waals surface area (Å²) in [5, 5.41) is 2.06. The normalized spacial score (nSPS) is 11.6. The van der Waals surface area contributed by atoms with E-state index in [0.717, 1.165) is 44.2 Å². The molecule has 0 saturated carbocycles. The number of aryl methyl sites for hydroxylation is 2. The Kier molecular flexibility index (Phi) is 4.67. The summed E-state index contributed by atoms with van der Waals surface area (Å²) in [6.07, 6.45) is 0. The third-order valence-corrected chi connectivity index (χ3v) is 6.72. The number of H-pyrrole nitrogens is 1. The summed E-state index contributed by atoms with van der Waals surface area (Å²) in [5.41, 5.74) is 7.05. The maximum absolute atomic E-state index is 12.4. The van der Waals surface area contributed by atoms with Gasteiger partial charge in [-0.25, -0.2) is 9.78 Å². The minimum absolute atomic E-state index is 0.0270. The third-order valence-electron chi connectivity index (χ3n) is 5.85. The van der Waals surface area contributed by atoms with Gasteiger partial charge in [0, 0.05) is 25.2 Å². The van der Waals surface area contributed by atoms with E-state index in [4.69, 9.17) is 4.98 Å². The van der Waals surface area contributed by atoms with Crippen LogP contribution in [0.15, 0.2) is 64.8 Å². The minimum atomic E-state index is -0.0270. The molecule has 0 unspecified atom stereocenters. The lowest BCUT2D eigenvalue weighted by Crippen LogP contribution is -2.19. The van der Waals surface area contributed by atoms with E-state index in [9.17, 15) is 4.79 Å². The number of hydrogen-bond acceptors (Lipinski definition) is 3. The maximum atomic E-state index is 12.4. The van der Waals surface area contributed by atoms with Gasteiger partial charge in [-0.2, -0.15) is 0 Å². The first-order valence-corrected chi connectivity index (χ1v) is 11.2. The summed E-state index contributed by atoms with van der Waals surface area (Å²) in [4.78, 5) is 22.1. The van der Waals surface area contributed by atoms with Crippen LogP contribution in [0, 0.1) is 0 Å². The molecule has 0 amide bonds. The molecule has 1 N–H and O–H groups in total. The first-order chi connectivity index (χ1) is 14.9.